The monoisotopic (exact) mass is 456 g/mol. The minimum atomic E-state index is -1.09. The van der Waals surface area contributed by atoms with E-state index in [-0.39, 0.29) is 17.8 Å². The van der Waals surface area contributed by atoms with Crippen molar-refractivity contribution in [3.63, 3.8) is 0 Å². The molecule has 0 spiro atoms. The standard InChI is InChI=1S/C25H30F2N4O2/c1-25(2,3)22(31(24(32)33)13-7-12-28)23-29-21(19-14-18(26)10-11-20(19)27)16-30(23)15-17-8-5-4-6-9-17/h4-6,8-11,14,16,22H,7,12-13,15,28H2,1-3H3,(H,32,33)/t22-/m0/s1. The number of hydrogen-bond donors (Lipinski definition) is 2. The van der Waals surface area contributed by atoms with E-state index in [1.807, 2.05) is 55.7 Å². The number of carboxylic acid groups (broad SMARTS) is 1. The summed E-state index contributed by atoms with van der Waals surface area (Å²) >= 11 is 0. The van der Waals surface area contributed by atoms with Gasteiger partial charge in [-0.1, -0.05) is 51.1 Å². The molecule has 33 heavy (non-hydrogen) atoms. The van der Waals surface area contributed by atoms with E-state index in [0.717, 1.165) is 23.8 Å². The fourth-order valence-corrected chi connectivity index (χ4v) is 3.97. The fraction of sp³-hybridized carbons (Fsp3) is 0.360. The lowest BCUT2D eigenvalue weighted by molar-refractivity contribution is 0.0755. The Hall–Kier alpha value is -3.26. The van der Waals surface area contributed by atoms with Gasteiger partial charge in [-0.3, -0.25) is 4.90 Å². The molecule has 0 saturated carbocycles. The van der Waals surface area contributed by atoms with E-state index in [0.29, 0.717) is 25.3 Å². The number of rotatable bonds is 8. The van der Waals surface area contributed by atoms with Gasteiger partial charge in [0.1, 0.15) is 17.5 Å². The molecule has 0 bridgehead atoms. The van der Waals surface area contributed by atoms with Gasteiger partial charge in [0.15, 0.2) is 0 Å². The van der Waals surface area contributed by atoms with E-state index in [1.165, 1.54) is 4.90 Å². The first-order valence-corrected chi connectivity index (χ1v) is 10.9. The van der Waals surface area contributed by atoms with Gasteiger partial charge in [-0.15, -0.1) is 0 Å². The molecular weight excluding hydrogens is 426 g/mol. The van der Waals surface area contributed by atoms with Crippen LogP contribution >= 0.6 is 0 Å². The van der Waals surface area contributed by atoms with Gasteiger partial charge in [0.2, 0.25) is 0 Å². The Morgan fingerprint density at radius 3 is 2.48 bits per heavy atom. The van der Waals surface area contributed by atoms with E-state index in [9.17, 15) is 18.7 Å². The van der Waals surface area contributed by atoms with E-state index in [4.69, 9.17) is 5.73 Å². The van der Waals surface area contributed by atoms with Crippen molar-refractivity contribution in [2.24, 2.45) is 11.1 Å². The zero-order valence-corrected chi connectivity index (χ0v) is 19.1. The number of imidazole rings is 1. The Labute approximate surface area is 192 Å². The Kier molecular flexibility index (Phi) is 7.48. The molecular formula is C25H30F2N4O2. The molecule has 1 atom stereocenters. The summed E-state index contributed by atoms with van der Waals surface area (Å²) in [6, 6.07) is 12.2. The van der Waals surface area contributed by atoms with Crippen molar-refractivity contribution < 1.29 is 18.7 Å². The first kappa shape index (κ1) is 24.4. The first-order chi connectivity index (χ1) is 15.6. The maximum absolute atomic E-state index is 14.6. The summed E-state index contributed by atoms with van der Waals surface area (Å²) < 4.78 is 30.3. The number of nitrogens with zero attached hydrogens (tertiary/aromatic N) is 3. The number of aromatic nitrogens is 2. The van der Waals surface area contributed by atoms with E-state index < -0.39 is 29.2 Å². The third kappa shape index (κ3) is 5.76. The van der Waals surface area contributed by atoms with Gasteiger partial charge in [0.05, 0.1) is 11.7 Å². The van der Waals surface area contributed by atoms with Crippen molar-refractivity contribution in [2.45, 2.75) is 39.8 Å². The zero-order valence-electron chi connectivity index (χ0n) is 19.1. The van der Waals surface area contributed by atoms with Crippen LogP contribution in [0.3, 0.4) is 0 Å². The molecule has 6 nitrogen and oxygen atoms in total. The molecule has 0 unspecified atom stereocenters. The highest BCUT2D eigenvalue weighted by atomic mass is 19.1. The summed E-state index contributed by atoms with van der Waals surface area (Å²) in [7, 11) is 0. The molecule has 0 fully saturated rings. The molecule has 1 aromatic heterocycles. The topological polar surface area (TPSA) is 84.4 Å². The molecule has 3 aromatic rings. The van der Waals surface area contributed by atoms with E-state index >= 15 is 0 Å². The average Bonchev–Trinajstić information content (AvgIpc) is 3.15. The van der Waals surface area contributed by atoms with Crippen LogP contribution in [0.2, 0.25) is 0 Å². The average molecular weight is 457 g/mol. The van der Waals surface area contributed by atoms with Crippen LogP contribution in [0.25, 0.3) is 11.3 Å². The van der Waals surface area contributed by atoms with Gasteiger partial charge in [0, 0.05) is 24.8 Å². The molecule has 3 rings (SSSR count). The second kappa shape index (κ2) is 10.1. The number of amides is 1. The molecule has 0 aliphatic carbocycles. The third-order valence-electron chi connectivity index (χ3n) is 5.43. The van der Waals surface area contributed by atoms with Gasteiger partial charge in [0.25, 0.3) is 0 Å². The maximum Gasteiger partial charge on any atom is 0.407 e. The maximum atomic E-state index is 14.6. The Morgan fingerprint density at radius 2 is 1.88 bits per heavy atom. The molecule has 0 radical (unpaired) electrons. The molecule has 2 aromatic carbocycles. The Bertz CT molecular complexity index is 1090. The van der Waals surface area contributed by atoms with E-state index in [1.54, 1.807) is 6.20 Å². The highest BCUT2D eigenvalue weighted by Crippen LogP contribution is 2.39. The molecule has 0 saturated heterocycles. The summed E-state index contributed by atoms with van der Waals surface area (Å²) in [6.45, 7) is 6.77. The van der Waals surface area contributed by atoms with Crippen LogP contribution in [0, 0.1) is 17.0 Å². The lowest BCUT2D eigenvalue weighted by Crippen LogP contribution is -2.42. The van der Waals surface area contributed by atoms with Crippen LogP contribution < -0.4 is 5.73 Å². The molecule has 176 valence electrons. The second-order valence-corrected chi connectivity index (χ2v) is 9.11. The molecule has 3 N–H and O–H groups in total. The zero-order chi connectivity index (χ0) is 24.2. The summed E-state index contributed by atoms with van der Waals surface area (Å²) in [5.41, 5.74) is 6.36. The van der Waals surface area contributed by atoms with Crippen LogP contribution in [0.5, 0.6) is 0 Å². The SMILES string of the molecule is CC(C)(C)[C@H](c1nc(-c2cc(F)ccc2F)cn1Cc1ccccc1)N(CCCN)C(=O)O. The minimum absolute atomic E-state index is 0.0274. The lowest BCUT2D eigenvalue weighted by atomic mass is 9.84. The van der Waals surface area contributed by atoms with Gasteiger partial charge in [-0.25, -0.2) is 18.6 Å². The predicted molar refractivity (Wildman–Crippen MR) is 124 cm³/mol. The molecule has 0 aliphatic heterocycles. The minimum Gasteiger partial charge on any atom is -0.465 e. The van der Waals surface area contributed by atoms with Crippen molar-refractivity contribution in [3.05, 3.63) is 77.8 Å². The van der Waals surface area contributed by atoms with Gasteiger partial charge in [-0.2, -0.15) is 0 Å². The Balaban J connectivity index is 2.19. The Morgan fingerprint density at radius 1 is 1.18 bits per heavy atom. The van der Waals surface area contributed by atoms with Gasteiger partial charge in [-0.05, 0) is 42.1 Å². The predicted octanol–water partition coefficient (Wildman–Crippen LogP) is 5.29. The van der Waals surface area contributed by atoms with Crippen LogP contribution in [0.1, 0.15) is 44.6 Å². The molecule has 1 heterocycles. The highest BCUT2D eigenvalue weighted by Gasteiger charge is 2.38. The van der Waals surface area contributed by atoms with E-state index in [2.05, 4.69) is 4.98 Å². The molecule has 8 heteroatoms. The number of halogens is 2. The summed E-state index contributed by atoms with van der Waals surface area (Å²) in [6.07, 6.45) is 1.06. The van der Waals surface area contributed by atoms with Gasteiger partial charge < -0.3 is 15.4 Å². The van der Waals surface area contributed by atoms with Crippen molar-refractivity contribution in [1.29, 1.82) is 0 Å². The van der Waals surface area contributed by atoms with Crippen LogP contribution in [-0.4, -0.2) is 38.7 Å². The third-order valence-corrected chi connectivity index (χ3v) is 5.43. The largest absolute Gasteiger partial charge is 0.465 e. The number of nitrogens with two attached hydrogens (primary N) is 1. The second-order valence-electron chi connectivity index (χ2n) is 9.11. The summed E-state index contributed by atoms with van der Waals surface area (Å²) in [4.78, 5) is 18.3. The normalized spacial score (nSPS) is 12.5. The van der Waals surface area contributed by atoms with Crippen molar-refractivity contribution in [1.82, 2.24) is 14.5 Å². The molecule has 1 amide bonds. The lowest BCUT2D eigenvalue weighted by Gasteiger charge is -2.38. The van der Waals surface area contributed by atoms with Gasteiger partial charge >= 0.3 is 6.09 Å². The van der Waals surface area contributed by atoms with Crippen LogP contribution in [-0.2, 0) is 6.54 Å². The first-order valence-electron chi connectivity index (χ1n) is 10.9. The number of hydrogen-bond acceptors (Lipinski definition) is 3. The quantitative estimate of drug-likeness (QED) is 0.482. The van der Waals surface area contributed by atoms with Crippen LogP contribution in [0.15, 0.2) is 54.7 Å². The highest BCUT2D eigenvalue weighted by molar-refractivity contribution is 5.66. The smallest absolute Gasteiger partial charge is 0.407 e. The fourth-order valence-electron chi connectivity index (χ4n) is 3.97. The number of benzene rings is 2. The van der Waals surface area contributed by atoms with Crippen LogP contribution in [0.4, 0.5) is 13.6 Å². The van der Waals surface area contributed by atoms with Crippen molar-refractivity contribution in [2.75, 3.05) is 13.1 Å². The number of carbonyl (C=O) groups is 1. The van der Waals surface area contributed by atoms with Crippen molar-refractivity contribution >= 4 is 6.09 Å². The summed E-state index contributed by atoms with van der Waals surface area (Å²) in [5.74, 6) is -0.713. The molecule has 0 aliphatic rings. The van der Waals surface area contributed by atoms with Crippen molar-refractivity contribution in [3.8, 4) is 11.3 Å². The summed E-state index contributed by atoms with van der Waals surface area (Å²) in [5, 5.41) is 10.0.